The van der Waals surface area contributed by atoms with Crippen molar-refractivity contribution in [3.8, 4) is 0 Å². The number of carboxylic acids is 1. The minimum atomic E-state index is -0.988. The van der Waals surface area contributed by atoms with Gasteiger partial charge in [-0.2, -0.15) is 0 Å². The second-order valence-corrected chi connectivity index (χ2v) is 4.14. The van der Waals surface area contributed by atoms with Gasteiger partial charge in [0.25, 0.3) is 0 Å². The average Bonchev–Trinajstić information content (AvgIpc) is 2.37. The van der Waals surface area contributed by atoms with Crippen molar-refractivity contribution >= 4 is 17.6 Å². The van der Waals surface area contributed by atoms with Crippen molar-refractivity contribution in [3.63, 3.8) is 0 Å². The molecule has 0 aromatic heterocycles. The molecule has 0 saturated heterocycles. The highest BCUT2D eigenvalue weighted by Crippen LogP contribution is 2.15. The second kappa shape index (κ2) is 6.16. The van der Waals surface area contributed by atoms with Crippen LogP contribution in [0.2, 0.25) is 0 Å². The van der Waals surface area contributed by atoms with Gasteiger partial charge < -0.3 is 15.7 Å². The van der Waals surface area contributed by atoms with Gasteiger partial charge in [-0.15, -0.1) is 0 Å². The van der Waals surface area contributed by atoms with Gasteiger partial charge in [-0.3, -0.25) is 4.79 Å². The van der Waals surface area contributed by atoms with Crippen LogP contribution in [0.1, 0.15) is 30.1 Å². The molecule has 0 heterocycles. The van der Waals surface area contributed by atoms with Gasteiger partial charge in [0.05, 0.1) is 11.6 Å². The molecule has 0 aliphatic heterocycles. The molecule has 0 aliphatic rings. The first-order valence-corrected chi connectivity index (χ1v) is 5.84. The Hall–Kier alpha value is -1.88. The summed E-state index contributed by atoms with van der Waals surface area (Å²) >= 11 is 0. The minimum absolute atomic E-state index is 0.167. The zero-order valence-electron chi connectivity index (χ0n) is 10.6. The lowest BCUT2D eigenvalue weighted by molar-refractivity contribution is -0.119. The van der Waals surface area contributed by atoms with E-state index in [1.54, 1.807) is 19.2 Å². The molecule has 5 nitrogen and oxygen atoms in total. The van der Waals surface area contributed by atoms with E-state index in [2.05, 4.69) is 0 Å². The quantitative estimate of drug-likeness (QED) is 0.829. The van der Waals surface area contributed by atoms with Crippen LogP contribution >= 0.6 is 0 Å². The second-order valence-electron chi connectivity index (χ2n) is 4.14. The van der Waals surface area contributed by atoms with Crippen LogP contribution in [0.5, 0.6) is 0 Å². The van der Waals surface area contributed by atoms with Crippen molar-refractivity contribution in [2.75, 3.05) is 11.9 Å². The number of hydrogen-bond donors (Lipinski definition) is 2. The molecule has 1 amide bonds. The molecule has 0 fully saturated rings. The van der Waals surface area contributed by atoms with Crippen LogP contribution in [-0.2, 0) is 4.79 Å². The highest BCUT2D eigenvalue weighted by atomic mass is 16.4. The number of carbonyl (C=O) groups is 2. The number of aromatic carboxylic acids is 1. The van der Waals surface area contributed by atoms with Crippen molar-refractivity contribution < 1.29 is 14.7 Å². The zero-order valence-corrected chi connectivity index (χ0v) is 10.6. The van der Waals surface area contributed by atoms with Crippen LogP contribution < -0.4 is 10.6 Å². The molecule has 0 spiro atoms. The van der Waals surface area contributed by atoms with E-state index in [0.717, 1.165) is 6.42 Å². The molecule has 0 saturated carbocycles. The zero-order chi connectivity index (χ0) is 13.7. The topological polar surface area (TPSA) is 83.6 Å². The number of amides is 1. The summed E-state index contributed by atoms with van der Waals surface area (Å²) in [4.78, 5) is 24.1. The number of carboxylic acid groups (broad SMARTS) is 1. The third-order valence-corrected chi connectivity index (χ3v) is 2.75. The first-order valence-electron chi connectivity index (χ1n) is 5.84. The maximum atomic E-state index is 11.9. The Labute approximate surface area is 106 Å². The summed E-state index contributed by atoms with van der Waals surface area (Å²) in [7, 11) is 1.63. The summed E-state index contributed by atoms with van der Waals surface area (Å²) in [5.74, 6) is -1.15. The molecule has 3 N–H and O–H groups in total. The van der Waals surface area contributed by atoms with Gasteiger partial charge in [-0.25, -0.2) is 4.79 Å². The minimum Gasteiger partial charge on any atom is -0.478 e. The normalized spacial score (nSPS) is 11.9. The van der Waals surface area contributed by atoms with E-state index < -0.39 is 12.0 Å². The highest BCUT2D eigenvalue weighted by Gasteiger charge is 2.18. The Kier molecular flexibility index (Phi) is 4.85. The van der Waals surface area contributed by atoms with Crippen LogP contribution in [0.25, 0.3) is 0 Å². The molecule has 1 atom stereocenters. The fourth-order valence-corrected chi connectivity index (χ4v) is 1.64. The van der Waals surface area contributed by atoms with Gasteiger partial charge in [-0.1, -0.05) is 13.3 Å². The van der Waals surface area contributed by atoms with Gasteiger partial charge >= 0.3 is 5.97 Å². The molecule has 18 heavy (non-hydrogen) atoms. The van der Waals surface area contributed by atoms with Crippen LogP contribution in [0.15, 0.2) is 24.3 Å². The predicted octanol–water partition coefficient (Wildman–Crippen LogP) is 1.47. The first kappa shape index (κ1) is 14.2. The number of benzene rings is 1. The Balaban J connectivity index is 2.80. The average molecular weight is 250 g/mol. The lowest BCUT2D eigenvalue weighted by atomic mass is 10.1. The molecule has 1 rings (SSSR count). The lowest BCUT2D eigenvalue weighted by Crippen LogP contribution is -2.41. The summed E-state index contributed by atoms with van der Waals surface area (Å²) in [6, 6.07) is 5.61. The summed E-state index contributed by atoms with van der Waals surface area (Å²) in [5.41, 5.74) is 6.59. The number of rotatable bonds is 5. The highest BCUT2D eigenvalue weighted by molar-refractivity contribution is 5.97. The number of anilines is 1. The van der Waals surface area contributed by atoms with Crippen molar-refractivity contribution in [3.05, 3.63) is 29.8 Å². The summed E-state index contributed by atoms with van der Waals surface area (Å²) in [5, 5.41) is 8.78. The molecular formula is C13H18N2O3. The van der Waals surface area contributed by atoms with E-state index in [1.165, 1.54) is 17.0 Å². The van der Waals surface area contributed by atoms with Gasteiger partial charge in [-0.05, 0) is 30.7 Å². The van der Waals surface area contributed by atoms with Crippen molar-refractivity contribution in [1.82, 2.24) is 0 Å². The van der Waals surface area contributed by atoms with Gasteiger partial charge in [0.2, 0.25) is 5.91 Å². The van der Waals surface area contributed by atoms with E-state index in [-0.39, 0.29) is 11.5 Å². The molecule has 1 aromatic carbocycles. The largest absolute Gasteiger partial charge is 0.478 e. The first-order chi connectivity index (χ1) is 8.47. The van der Waals surface area contributed by atoms with Crippen molar-refractivity contribution in [1.29, 1.82) is 0 Å². The van der Waals surface area contributed by atoms with Crippen molar-refractivity contribution in [2.24, 2.45) is 5.73 Å². The van der Waals surface area contributed by atoms with E-state index in [9.17, 15) is 9.59 Å². The number of nitrogens with two attached hydrogens (primary N) is 1. The van der Waals surface area contributed by atoms with E-state index >= 15 is 0 Å². The number of likely N-dealkylation sites (N-methyl/N-ethyl adjacent to an activating group) is 1. The van der Waals surface area contributed by atoms with Gasteiger partial charge in [0.15, 0.2) is 0 Å². The number of hydrogen-bond acceptors (Lipinski definition) is 3. The molecule has 5 heteroatoms. The summed E-state index contributed by atoms with van der Waals surface area (Å²) < 4.78 is 0. The standard InChI is InChI=1S/C13H18N2O3/c1-3-4-11(14)12(16)15(2)10-7-5-9(6-8-10)13(17)18/h5-8,11H,3-4,14H2,1-2H3,(H,17,18)/t11-/m1/s1. The number of carbonyl (C=O) groups excluding carboxylic acids is 1. The molecule has 0 radical (unpaired) electrons. The molecule has 0 bridgehead atoms. The maximum Gasteiger partial charge on any atom is 0.335 e. The Morgan fingerprint density at radius 1 is 1.33 bits per heavy atom. The SMILES string of the molecule is CCC[C@@H](N)C(=O)N(C)c1ccc(C(=O)O)cc1. The van der Waals surface area contributed by atoms with E-state index in [4.69, 9.17) is 10.8 Å². The van der Waals surface area contributed by atoms with Gasteiger partial charge in [0, 0.05) is 12.7 Å². The Bertz CT molecular complexity index is 428. The third-order valence-electron chi connectivity index (χ3n) is 2.75. The van der Waals surface area contributed by atoms with Gasteiger partial charge in [0.1, 0.15) is 0 Å². The Morgan fingerprint density at radius 2 is 1.89 bits per heavy atom. The van der Waals surface area contributed by atoms with Crippen LogP contribution in [0, 0.1) is 0 Å². The smallest absolute Gasteiger partial charge is 0.335 e. The summed E-state index contributed by atoms with van der Waals surface area (Å²) in [6.45, 7) is 1.97. The molecule has 1 aromatic rings. The predicted molar refractivity (Wildman–Crippen MR) is 69.7 cm³/mol. The molecular weight excluding hydrogens is 232 g/mol. The maximum absolute atomic E-state index is 11.9. The monoisotopic (exact) mass is 250 g/mol. The molecule has 98 valence electrons. The number of nitrogens with zero attached hydrogens (tertiary/aromatic N) is 1. The van der Waals surface area contributed by atoms with Crippen LogP contribution in [-0.4, -0.2) is 30.1 Å². The third kappa shape index (κ3) is 3.30. The Morgan fingerprint density at radius 3 is 2.33 bits per heavy atom. The molecule has 0 aliphatic carbocycles. The lowest BCUT2D eigenvalue weighted by Gasteiger charge is -2.21. The molecule has 0 unspecified atom stereocenters. The fraction of sp³-hybridized carbons (Fsp3) is 0.385. The van der Waals surface area contributed by atoms with Crippen LogP contribution in [0.4, 0.5) is 5.69 Å². The van der Waals surface area contributed by atoms with E-state index in [1.807, 2.05) is 6.92 Å². The van der Waals surface area contributed by atoms with Crippen molar-refractivity contribution in [2.45, 2.75) is 25.8 Å². The fourth-order valence-electron chi connectivity index (χ4n) is 1.64. The summed E-state index contributed by atoms with van der Waals surface area (Å²) in [6.07, 6.45) is 1.48. The van der Waals surface area contributed by atoms with Crippen LogP contribution in [0.3, 0.4) is 0 Å². The van der Waals surface area contributed by atoms with E-state index in [0.29, 0.717) is 12.1 Å².